The lowest BCUT2D eigenvalue weighted by atomic mass is 10.0. The largest absolute Gasteiger partial charge is 0.393 e. The molecule has 1 N–H and O–H groups in total. The van der Waals surface area contributed by atoms with Crippen molar-refractivity contribution in [3.05, 3.63) is 0 Å². The van der Waals surface area contributed by atoms with Gasteiger partial charge in [0.2, 0.25) is 0 Å². The van der Waals surface area contributed by atoms with Gasteiger partial charge in [0.1, 0.15) is 0 Å². The van der Waals surface area contributed by atoms with E-state index < -0.39 is 0 Å². The molecule has 0 bridgehead atoms. The summed E-state index contributed by atoms with van der Waals surface area (Å²) in [7, 11) is 1.70. The highest BCUT2D eigenvalue weighted by atomic mass is 16.5. The minimum Gasteiger partial charge on any atom is -0.393 e. The monoisotopic (exact) mass is 146 g/mol. The maximum atomic E-state index is 8.96. The topological polar surface area (TPSA) is 29.5 Å². The lowest BCUT2D eigenvalue weighted by Crippen LogP contribution is -2.23. The van der Waals surface area contributed by atoms with Crippen LogP contribution in [0.3, 0.4) is 0 Å². The number of hydrogen-bond donors (Lipinski definition) is 1. The summed E-state index contributed by atoms with van der Waals surface area (Å²) < 4.78 is 5.18. The van der Waals surface area contributed by atoms with Gasteiger partial charge in [-0.05, 0) is 33.6 Å². The molecular formula is C8H18O2. The summed E-state index contributed by atoms with van der Waals surface area (Å²) in [5.41, 5.74) is -0.0863. The molecule has 2 nitrogen and oxygen atoms in total. The maximum absolute atomic E-state index is 8.96. The number of rotatable bonds is 4. The molecule has 0 rings (SSSR count). The third-order valence-electron chi connectivity index (χ3n) is 1.72. The Labute approximate surface area is 63.2 Å². The molecule has 1 atom stereocenters. The third-order valence-corrected chi connectivity index (χ3v) is 1.72. The van der Waals surface area contributed by atoms with Crippen molar-refractivity contribution in [2.45, 2.75) is 45.3 Å². The second kappa shape index (κ2) is 3.94. The van der Waals surface area contributed by atoms with Crippen LogP contribution in [0, 0.1) is 0 Å². The summed E-state index contributed by atoms with van der Waals surface area (Å²) in [4.78, 5) is 0. The molecule has 0 aliphatic carbocycles. The molecule has 0 fully saturated rings. The Bertz CT molecular complexity index is 87.3. The molecule has 0 aliphatic heterocycles. The molecule has 0 aromatic rings. The van der Waals surface area contributed by atoms with Crippen molar-refractivity contribution in [2.75, 3.05) is 7.11 Å². The molecule has 0 heterocycles. The molecule has 0 aliphatic rings. The number of methoxy groups -OCH3 is 1. The molecule has 0 saturated heterocycles. The van der Waals surface area contributed by atoms with E-state index in [1.807, 2.05) is 13.8 Å². The lowest BCUT2D eigenvalue weighted by molar-refractivity contribution is 0.00457. The Morgan fingerprint density at radius 1 is 1.50 bits per heavy atom. The molecule has 0 unspecified atom stereocenters. The van der Waals surface area contributed by atoms with Crippen LogP contribution in [0.25, 0.3) is 0 Å². The minimum atomic E-state index is -0.213. The Hall–Kier alpha value is -0.0800. The zero-order valence-electron chi connectivity index (χ0n) is 7.35. The van der Waals surface area contributed by atoms with Crippen LogP contribution in [-0.4, -0.2) is 23.9 Å². The van der Waals surface area contributed by atoms with Crippen LogP contribution in [0.15, 0.2) is 0 Å². The van der Waals surface area contributed by atoms with Gasteiger partial charge < -0.3 is 9.84 Å². The van der Waals surface area contributed by atoms with Gasteiger partial charge in [-0.15, -0.1) is 0 Å². The number of aliphatic hydroxyl groups is 1. The van der Waals surface area contributed by atoms with Gasteiger partial charge in [-0.1, -0.05) is 0 Å². The maximum Gasteiger partial charge on any atom is 0.0623 e. The Balaban J connectivity index is 3.46. The molecule has 0 radical (unpaired) electrons. The van der Waals surface area contributed by atoms with E-state index in [0.29, 0.717) is 0 Å². The highest BCUT2D eigenvalue weighted by Gasteiger charge is 2.16. The SMILES string of the molecule is COC(C)(C)CC[C@@H](C)O. The quantitative estimate of drug-likeness (QED) is 0.652. The molecule has 0 aromatic carbocycles. The first-order chi connectivity index (χ1) is 4.48. The third kappa shape index (κ3) is 4.77. The summed E-state index contributed by atoms with van der Waals surface area (Å²) in [5, 5.41) is 8.96. The van der Waals surface area contributed by atoms with Crippen LogP contribution < -0.4 is 0 Å². The molecule has 0 saturated carbocycles. The molecule has 0 aromatic heterocycles. The zero-order chi connectivity index (χ0) is 8.20. The molecule has 2 heteroatoms. The first-order valence-corrected chi connectivity index (χ1v) is 3.71. The lowest BCUT2D eigenvalue weighted by Gasteiger charge is -2.23. The van der Waals surface area contributed by atoms with Crippen LogP contribution in [0.2, 0.25) is 0 Å². The van der Waals surface area contributed by atoms with Gasteiger partial charge in [-0.3, -0.25) is 0 Å². The fourth-order valence-electron chi connectivity index (χ4n) is 0.659. The Kier molecular flexibility index (Phi) is 3.91. The van der Waals surface area contributed by atoms with Crippen molar-refractivity contribution < 1.29 is 9.84 Å². The van der Waals surface area contributed by atoms with Crippen molar-refractivity contribution in [1.29, 1.82) is 0 Å². The zero-order valence-corrected chi connectivity index (χ0v) is 7.35. The molecule has 0 spiro atoms. The van der Waals surface area contributed by atoms with Crippen LogP contribution in [0.1, 0.15) is 33.6 Å². The van der Waals surface area contributed by atoms with Gasteiger partial charge in [0, 0.05) is 7.11 Å². The molecule has 62 valence electrons. The highest BCUT2D eigenvalue weighted by molar-refractivity contribution is 4.68. The van der Waals surface area contributed by atoms with Crippen LogP contribution in [0.4, 0.5) is 0 Å². The van der Waals surface area contributed by atoms with Crippen LogP contribution >= 0.6 is 0 Å². The first kappa shape index (κ1) is 9.92. The van der Waals surface area contributed by atoms with E-state index in [1.165, 1.54) is 0 Å². The summed E-state index contributed by atoms with van der Waals surface area (Å²) in [6.07, 6.45) is 1.50. The summed E-state index contributed by atoms with van der Waals surface area (Å²) >= 11 is 0. The number of aliphatic hydroxyl groups excluding tert-OH is 1. The molecule has 0 amide bonds. The van der Waals surface area contributed by atoms with Gasteiger partial charge >= 0.3 is 0 Å². The van der Waals surface area contributed by atoms with Crippen LogP contribution in [-0.2, 0) is 4.74 Å². The van der Waals surface area contributed by atoms with E-state index in [9.17, 15) is 0 Å². The van der Waals surface area contributed by atoms with Crippen molar-refractivity contribution in [3.63, 3.8) is 0 Å². The predicted molar refractivity (Wildman–Crippen MR) is 42.0 cm³/mol. The average Bonchev–Trinajstić information content (AvgIpc) is 1.85. The Morgan fingerprint density at radius 3 is 2.30 bits per heavy atom. The summed E-state index contributed by atoms with van der Waals surface area (Å²) in [6.45, 7) is 5.84. The van der Waals surface area contributed by atoms with Gasteiger partial charge in [0.05, 0.1) is 11.7 Å². The minimum absolute atomic E-state index is 0.0863. The average molecular weight is 146 g/mol. The second-order valence-corrected chi connectivity index (χ2v) is 3.35. The standard InChI is InChI=1S/C8H18O2/c1-7(9)5-6-8(2,3)10-4/h7,9H,5-6H2,1-4H3/t7-/m1/s1. The normalized spacial score (nSPS) is 15.3. The molecular weight excluding hydrogens is 128 g/mol. The van der Waals surface area contributed by atoms with E-state index in [2.05, 4.69) is 0 Å². The van der Waals surface area contributed by atoms with E-state index in [1.54, 1.807) is 14.0 Å². The van der Waals surface area contributed by atoms with Gasteiger partial charge in [-0.25, -0.2) is 0 Å². The molecule has 10 heavy (non-hydrogen) atoms. The van der Waals surface area contributed by atoms with Crippen molar-refractivity contribution in [1.82, 2.24) is 0 Å². The second-order valence-electron chi connectivity index (χ2n) is 3.35. The smallest absolute Gasteiger partial charge is 0.0623 e. The predicted octanol–water partition coefficient (Wildman–Crippen LogP) is 1.57. The van der Waals surface area contributed by atoms with E-state index >= 15 is 0 Å². The van der Waals surface area contributed by atoms with Gasteiger partial charge in [0.15, 0.2) is 0 Å². The van der Waals surface area contributed by atoms with E-state index in [-0.39, 0.29) is 11.7 Å². The number of hydrogen-bond acceptors (Lipinski definition) is 2. The number of ether oxygens (including phenoxy) is 1. The fourth-order valence-corrected chi connectivity index (χ4v) is 0.659. The van der Waals surface area contributed by atoms with Gasteiger partial charge in [-0.2, -0.15) is 0 Å². The Morgan fingerprint density at radius 2 is 2.00 bits per heavy atom. The fraction of sp³-hybridized carbons (Fsp3) is 1.00. The van der Waals surface area contributed by atoms with Crippen molar-refractivity contribution >= 4 is 0 Å². The van der Waals surface area contributed by atoms with E-state index in [0.717, 1.165) is 12.8 Å². The van der Waals surface area contributed by atoms with Crippen molar-refractivity contribution in [3.8, 4) is 0 Å². The highest BCUT2D eigenvalue weighted by Crippen LogP contribution is 2.16. The van der Waals surface area contributed by atoms with Crippen molar-refractivity contribution in [2.24, 2.45) is 0 Å². The van der Waals surface area contributed by atoms with E-state index in [4.69, 9.17) is 9.84 Å². The summed E-state index contributed by atoms with van der Waals surface area (Å²) in [6, 6.07) is 0. The van der Waals surface area contributed by atoms with Gasteiger partial charge in [0.25, 0.3) is 0 Å². The summed E-state index contributed by atoms with van der Waals surface area (Å²) in [5.74, 6) is 0. The van der Waals surface area contributed by atoms with Crippen LogP contribution in [0.5, 0.6) is 0 Å². The first-order valence-electron chi connectivity index (χ1n) is 3.71.